The molecular formula is C12H16N2O2. The summed E-state index contributed by atoms with van der Waals surface area (Å²) in [6.45, 7) is 5.88. The minimum atomic E-state index is -0.833. The Hall–Kier alpha value is -1.45. The molecule has 0 amide bonds. The number of hydrogen-bond acceptors (Lipinski definition) is 3. The molecule has 0 bridgehead atoms. The van der Waals surface area contributed by atoms with Crippen LogP contribution in [0, 0.1) is 13.8 Å². The average Bonchev–Trinajstić information content (AvgIpc) is 2.91. The molecule has 1 aromatic rings. The smallest absolute Gasteiger partial charge is 0.307 e. The van der Waals surface area contributed by atoms with Crippen molar-refractivity contribution in [3.63, 3.8) is 0 Å². The molecule has 0 aliphatic heterocycles. The van der Waals surface area contributed by atoms with Crippen LogP contribution in [-0.4, -0.2) is 21.0 Å². The van der Waals surface area contributed by atoms with Crippen molar-refractivity contribution in [3.8, 4) is 0 Å². The van der Waals surface area contributed by atoms with Gasteiger partial charge in [0, 0.05) is 22.4 Å². The van der Waals surface area contributed by atoms with E-state index >= 15 is 0 Å². The molecule has 0 spiro atoms. The average molecular weight is 220 g/mol. The zero-order valence-corrected chi connectivity index (χ0v) is 9.87. The molecule has 1 aliphatic rings. The number of nitrogens with zero attached hydrogens (tertiary/aromatic N) is 2. The second-order valence-electron chi connectivity index (χ2n) is 4.83. The van der Waals surface area contributed by atoms with Gasteiger partial charge in [0.1, 0.15) is 5.82 Å². The van der Waals surface area contributed by atoms with Crippen molar-refractivity contribution in [1.29, 1.82) is 0 Å². The molecule has 0 aromatic carbocycles. The Labute approximate surface area is 94.7 Å². The van der Waals surface area contributed by atoms with Gasteiger partial charge < -0.3 is 5.11 Å². The Morgan fingerprint density at radius 2 is 1.81 bits per heavy atom. The van der Waals surface area contributed by atoms with E-state index in [-0.39, 0.29) is 11.8 Å². The van der Waals surface area contributed by atoms with Crippen LogP contribution in [0.2, 0.25) is 0 Å². The largest absolute Gasteiger partial charge is 0.481 e. The van der Waals surface area contributed by atoms with Gasteiger partial charge in [-0.1, -0.05) is 6.92 Å². The number of rotatable bonds is 3. The number of carbonyl (C=O) groups is 1. The summed E-state index contributed by atoms with van der Waals surface area (Å²) in [7, 11) is 0. The van der Waals surface area contributed by atoms with Gasteiger partial charge in [0.15, 0.2) is 0 Å². The second-order valence-corrected chi connectivity index (χ2v) is 4.83. The quantitative estimate of drug-likeness (QED) is 0.843. The first kappa shape index (κ1) is 11.0. The van der Waals surface area contributed by atoms with Crippen molar-refractivity contribution in [2.24, 2.45) is 0 Å². The van der Waals surface area contributed by atoms with E-state index in [2.05, 4.69) is 16.9 Å². The number of aliphatic carboxylic acids is 1. The Morgan fingerprint density at radius 3 is 2.19 bits per heavy atom. The fourth-order valence-electron chi connectivity index (χ4n) is 1.83. The van der Waals surface area contributed by atoms with Gasteiger partial charge in [-0.3, -0.25) is 4.79 Å². The van der Waals surface area contributed by atoms with E-state index in [0.717, 1.165) is 35.6 Å². The molecule has 1 heterocycles. The SMILES string of the molecule is Cc1nc(C2(C)CC2)nc(C)c1CC(=O)O. The van der Waals surface area contributed by atoms with E-state index in [1.54, 1.807) is 0 Å². The molecule has 0 atom stereocenters. The van der Waals surface area contributed by atoms with Gasteiger partial charge in [0.05, 0.1) is 6.42 Å². The molecule has 4 nitrogen and oxygen atoms in total. The minimum absolute atomic E-state index is 0.00859. The summed E-state index contributed by atoms with van der Waals surface area (Å²) in [5, 5.41) is 8.80. The fourth-order valence-corrected chi connectivity index (χ4v) is 1.83. The minimum Gasteiger partial charge on any atom is -0.481 e. The summed E-state index contributed by atoms with van der Waals surface area (Å²) in [4.78, 5) is 19.6. The molecule has 1 aliphatic carbocycles. The van der Waals surface area contributed by atoms with E-state index in [1.165, 1.54) is 0 Å². The van der Waals surface area contributed by atoms with Crippen LogP contribution >= 0.6 is 0 Å². The predicted octanol–water partition coefficient (Wildman–Crippen LogP) is 1.77. The van der Waals surface area contributed by atoms with Crippen LogP contribution in [-0.2, 0) is 16.6 Å². The molecule has 1 saturated carbocycles. The lowest BCUT2D eigenvalue weighted by Gasteiger charge is -2.12. The third-order valence-corrected chi connectivity index (χ3v) is 3.29. The van der Waals surface area contributed by atoms with Crippen molar-refractivity contribution in [2.75, 3.05) is 0 Å². The van der Waals surface area contributed by atoms with E-state index in [4.69, 9.17) is 5.11 Å². The molecule has 1 aromatic heterocycles. The lowest BCUT2D eigenvalue weighted by molar-refractivity contribution is -0.136. The highest BCUT2D eigenvalue weighted by atomic mass is 16.4. The van der Waals surface area contributed by atoms with Crippen LogP contribution in [0.15, 0.2) is 0 Å². The van der Waals surface area contributed by atoms with Gasteiger partial charge in [0.25, 0.3) is 0 Å². The van der Waals surface area contributed by atoms with E-state index < -0.39 is 5.97 Å². The van der Waals surface area contributed by atoms with E-state index in [0.29, 0.717) is 0 Å². The van der Waals surface area contributed by atoms with Crippen molar-refractivity contribution in [3.05, 3.63) is 22.8 Å². The van der Waals surface area contributed by atoms with Gasteiger partial charge in [0.2, 0.25) is 0 Å². The van der Waals surface area contributed by atoms with Gasteiger partial charge in [-0.2, -0.15) is 0 Å². The normalized spacial score (nSPS) is 17.2. The summed E-state index contributed by atoms with van der Waals surface area (Å²) in [6, 6.07) is 0. The number of aryl methyl sites for hydroxylation is 2. The van der Waals surface area contributed by atoms with Gasteiger partial charge >= 0.3 is 5.97 Å². The number of carboxylic acid groups (broad SMARTS) is 1. The standard InChI is InChI=1S/C12H16N2O2/c1-7-9(6-10(15)16)8(2)14-11(13-7)12(3)4-5-12/h4-6H2,1-3H3,(H,15,16). The van der Waals surface area contributed by atoms with Crippen molar-refractivity contribution in [1.82, 2.24) is 9.97 Å². The molecule has 0 radical (unpaired) electrons. The first-order valence-corrected chi connectivity index (χ1v) is 5.49. The van der Waals surface area contributed by atoms with E-state index in [9.17, 15) is 4.79 Å². The van der Waals surface area contributed by atoms with Crippen LogP contribution in [0.1, 0.15) is 42.5 Å². The molecule has 0 saturated heterocycles. The lowest BCUT2D eigenvalue weighted by atomic mass is 10.1. The Morgan fingerprint density at radius 1 is 1.31 bits per heavy atom. The summed E-state index contributed by atoms with van der Waals surface area (Å²) < 4.78 is 0. The number of aromatic nitrogens is 2. The maximum Gasteiger partial charge on any atom is 0.307 e. The van der Waals surface area contributed by atoms with Gasteiger partial charge in [-0.05, 0) is 26.7 Å². The third-order valence-electron chi connectivity index (χ3n) is 3.29. The Balaban J connectivity index is 2.39. The first-order valence-electron chi connectivity index (χ1n) is 5.49. The highest BCUT2D eigenvalue weighted by Gasteiger charge is 2.42. The zero-order chi connectivity index (χ0) is 11.9. The van der Waals surface area contributed by atoms with Crippen LogP contribution in [0.4, 0.5) is 0 Å². The molecule has 4 heteroatoms. The second kappa shape index (κ2) is 3.54. The lowest BCUT2D eigenvalue weighted by Crippen LogP contribution is -2.14. The van der Waals surface area contributed by atoms with Crippen molar-refractivity contribution in [2.45, 2.75) is 45.4 Å². The predicted molar refractivity (Wildman–Crippen MR) is 59.4 cm³/mol. The van der Waals surface area contributed by atoms with Gasteiger partial charge in [-0.25, -0.2) is 9.97 Å². The number of hydrogen-bond donors (Lipinski definition) is 1. The molecule has 16 heavy (non-hydrogen) atoms. The van der Waals surface area contributed by atoms with E-state index in [1.807, 2.05) is 13.8 Å². The van der Waals surface area contributed by atoms with Crippen LogP contribution in [0.5, 0.6) is 0 Å². The maximum atomic E-state index is 10.7. The van der Waals surface area contributed by atoms with Crippen LogP contribution < -0.4 is 0 Å². The molecule has 1 N–H and O–H groups in total. The third kappa shape index (κ3) is 1.92. The maximum absolute atomic E-state index is 10.7. The Kier molecular flexibility index (Phi) is 2.45. The highest BCUT2D eigenvalue weighted by molar-refractivity contribution is 5.70. The molecule has 1 fully saturated rings. The summed E-state index contributed by atoms with van der Waals surface area (Å²) in [5.74, 6) is 0.0387. The molecule has 86 valence electrons. The monoisotopic (exact) mass is 220 g/mol. The highest BCUT2D eigenvalue weighted by Crippen LogP contribution is 2.46. The zero-order valence-electron chi connectivity index (χ0n) is 9.87. The molecular weight excluding hydrogens is 204 g/mol. The van der Waals surface area contributed by atoms with Crippen molar-refractivity contribution < 1.29 is 9.90 Å². The summed E-state index contributed by atoms with van der Waals surface area (Å²) >= 11 is 0. The van der Waals surface area contributed by atoms with Crippen molar-refractivity contribution >= 4 is 5.97 Å². The van der Waals surface area contributed by atoms with Gasteiger partial charge in [-0.15, -0.1) is 0 Å². The summed E-state index contributed by atoms with van der Waals surface area (Å²) in [5.41, 5.74) is 2.49. The molecule has 0 unspecified atom stereocenters. The first-order chi connectivity index (χ1) is 7.42. The molecule has 2 rings (SSSR count). The number of carboxylic acids is 1. The Bertz CT molecular complexity index is 427. The topological polar surface area (TPSA) is 63.1 Å². The van der Waals surface area contributed by atoms with Crippen LogP contribution in [0.25, 0.3) is 0 Å². The van der Waals surface area contributed by atoms with Crippen LogP contribution in [0.3, 0.4) is 0 Å². The summed E-state index contributed by atoms with van der Waals surface area (Å²) in [6.07, 6.45) is 2.27. The fraction of sp³-hybridized carbons (Fsp3) is 0.583.